The van der Waals surface area contributed by atoms with E-state index in [0.29, 0.717) is 17.9 Å². The molecule has 1 aromatic carbocycles. The van der Waals surface area contributed by atoms with Crippen molar-refractivity contribution in [2.24, 2.45) is 17.6 Å². The SMILES string of the molecule is Cc1nn(C2CCC2)c(C)c1C(=O)N1CC2CN(CC[C@H](N)c3cccc(F)c3)CC2C1. The number of carbonyl (C=O) groups excluding carboxylic acids is 1. The normalized spacial score (nSPS) is 24.6. The summed E-state index contributed by atoms with van der Waals surface area (Å²) in [5.41, 5.74) is 9.86. The van der Waals surface area contributed by atoms with Crippen molar-refractivity contribution in [2.45, 2.75) is 51.6 Å². The van der Waals surface area contributed by atoms with Gasteiger partial charge in [-0.2, -0.15) is 5.10 Å². The van der Waals surface area contributed by atoms with E-state index in [4.69, 9.17) is 10.8 Å². The van der Waals surface area contributed by atoms with Crippen LogP contribution in [0, 0.1) is 31.5 Å². The summed E-state index contributed by atoms with van der Waals surface area (Å²) in [5, 5.41) is 4.71. The molecule has 172 valence electrons. The number of halogens is 1. The highest BCUT2D eigenvalue weighted by molar-refractivity contribution is 5.96. The maximum Gasteiger partial charge on any atom is 0.257 e. The van der Waals surface area contributed by atoms with Crippen LogP contribution in [0.4, 0.5) is 4.39 Å². The van der Waals surface area contributed by atoms with Crippen molar-refractivity contribution in [3.8, 4) is 0 Å². The van der Waals surface area contributed by atoms with Crippen LogP contribution < -0.4 is 5.73 Å². The lowest BCUT2D eigenvalue weighted by Gasteiger charge is -2.27. The van der Waals surface area contributed by atoms with Crippen molar-refractivity contribution in [1.29, 1.82) is 0 Å². The molecule has 3 heterocycles. The first kappa shape index (κ1) is 21.6. The molecular weight excluding hydrogens is 405 g/mol. The van der Waals surface area contributed by atoms with E-state index in [1.54, 1.807) is 6.07 Å². The quantitative estimate of drug-likeness (QED) is 0.749. The van der Waals surface area contributed by atoms with Crippen molar-refractivity contribution in [3.63, 3.8) is 0 Å². The summed E-state index contributed by atoms with van der Waals surface area (Å²) in [6, 6.07) is 6.92. The fourth-order valence-corrected chi connectivity index (χ4v) is 5.78. The molecule has 5 rings (SSSR count). The monoisotopic (exact) mass is 439 g/mol. The number of hydrogen-bond acceptors (Lipinski definition) is 4. The Bertz CT molecular complexity index is 986. The molecule has 1 saturated carbocycles. The summed E-state index contributed by atoms with van der Waals surface area (Å²) >= 11 is 0. The van der Waals surface area contributed by atoms with Crippen molar-refractivity contribution in [2.75, 3.05) is 32.7 Å². The first-order valence-corrected chi connectivity index (χ1v) is 12.0. The number of benzene rings is 1. The summed E-state index contributed by atoms with van der Waals surface area (Å²) in [7, 11) is 0. The lowest BCUT2D eigenvalue weighted by atomic mass is 9.93. The van der Waals surface area contributed by atoms with Gasteiger partial charge in [0.15, 0.2) is 0 Å². The second kappa shape index (κ2) is 8.60. The standard InChI is InChI=1S/C25H34FN5O/c1-16-24(17(2)31(28-16)22-7-4-8-22)25(32)30-14-19-12-29(13-20(19)15-30)10-9-23(27)18-5-3-6-21(26)11-18/h3,5-6,11,19-20,22-23H,4,7-10,12-15,27H2,1-2H3/t19?,20?,23-/m0/s1. The van der Waals surface area contributed by atoms with Crippen LogP contribution in [0.25, 0.3) is 0 Å². The fraction of sp³-hybridized carbons (Fsp3) is 0.600. The third-order valence-corrected chi connectivity index (χ3v) is 7.84. The number of likely N-dealkylation sites (tertiary alicyclic amines) is 2. The van der Waals surface area contributed by atoms with Gasteiger partial charge in [0.2, 0.25) is 0 Å². The van der Waals surface area contributed by atoms with Gasteiger partial charge < -0.3 is 15.5 Å². The molecule has 2 unspecified atom stereocenters. The van der Waals surface area contributed by atoms with Crippen LogP contribution in [-0.2, 0) is 0 Å². The van der Waals surface area contributed by atoms with Crippen LogP contribution in [0.2, 0.25) is 0 Å². The van der Waals surface area contributed by atoms with Crippen LogP contribution in [0.1, 0.15) is 65.1 Å². The van der Waals surface area contributed by atoms with E-state index >= 15 is 0 Å². The second-order valence-electron chi connectivity index (χ2n) is 10.0. The van der Waals surface area contributed by atoms with Crippen LogP contribution in [0.15, 0.2) is 24.3 Å². The van der Waals surface area contributed by atoms with Gasteiger partial charge in [0.25, 0.3) is 5.91 Å². The van der Waals surface area contributed by atoms with Gasteiger partial charge in [-0.3, -0.25) is 9.48 Å². The van der Waals surface area contributed by atoms with E-state index in [2.05, 4.69) is 9.58 Å². The van der Waals surface area contributed by atoms with Crippen molar-refractivity contribution < 1.29 is 9.18 Å². The molecule has 3 fully saturated rings. The molecule has 1 aliphatic carbocycles. The first-order chi connectivity index (χ1) is 15.4. The van der Waals surface area contributed by atoms with E-state index in [-0.39, 0.29) is 17.8 Å². The Hall–Kier alpha value is -2.25. The molecule has 0 radical (unpaired) electrons. The number of carbonyl (C=O) groups is 1. The van der Waals surface area contributed by atoms with E-state index in [9.17, 15) is 9.18 Å². The Morgan fingerprint density at radius 2 is 1.91 bits per heavy atom. The Kier molecular flexibility index (Phi) is 5.80. The summed E-state index contributed by atoms with van der Waals surface area (Å²) in [6.07, 6.45) is 4.40. The number of rotatable bonds is 6. The minimum absolute atomic E-state index is 0.151. The molecule has 0 bridgehead atoms. The zero-order valence-electron chi connectivity index (χ0n) is 19.1. The highest BCUT2D eigenvalue weighted by Crippen LogP contribution is 2.35. The Morgan fingerprint density at radius 3 is 2.53 bits per heavy atom. The molecule has 7 heteroatoms. The number of aryl methyl sites for hydroxylation is 1. The average molecular weight is 440 g/mol. The number of fused-ring (bicyclic) bond motifs is 1. The molecule has 32 heavy (non-hydrogen) atoms. The van der Waals surface area contributed by atoms with Gasteiger partial charge in [-0.25, -0.2) is 4.39 Å². The summed E-state index contributed by atoms with van der Waals surface area (Å²) < 4.78 is 15.5. The molecule has 6 nitrogen and oxygen atoms in total. The molecule has 2 aliphatic heterocycles. The van der Waals surface area contributed by atoms with Crippen molar-refractivity contribution in [1.82, 2.24) is 19.6 Å². The topological polar surface area (TPSA) is 67.4 Å². The predicted molar refractivity (Wildman–Crippen MR) is 122 cm³/mol. The lowest BCUT2D eigenvalue weighted by Crippen LogP contribution is -2.34. The van der Waals surface area contributed by atoms with Gasteiger partial charge in [0, 0.05) is 37.9 Å². The predicted octanol–water partition coefficient (Wildman–Crippen LogP) is 3.46. The Morgan fingerprint density at radius 1 is 1.19 bits per heavy atom. The van der Waals surface area contributed by atoms with Crippen molar-refractivity contribution in [3.05, 3.63) is 52.6 Å². The average Bonchev–Trinajstić information content (AvgIpc) is 3.36. The summed E-state index contributed by atoms with van der Waals surface area (Å²) in [5.74, 6) is 0.958. The number of hydrogen-bond donors (Lipinski definition) is 1. The number of nitrogens with two attached hydrogens (primary N) is 1. The minimum atomic E-state index is -0.234. The maximum absolute atomic E-state index is 13.5. The molecule has 3 aliphatic rings. The minimum Gasteiger partial charge on any atom is -0.338 e. The van der Waals surface area contributed by atoms with E-state index in [0.717, 1.165) is 61.7 Å². The van der Waals surface area contributed by atoms with E-state index in [1.807, 2.05) is 24.8 Å². The number of nitrogens with zero attached hydrogens (tertiary/aromatic N) is 4. The van der Waals surface area contributed by atoms with E-state index in [1.165, 1.54) is 31.4 Å². The highest BCUT2D eigenvalue weighted by Gasteiger charge is 2.42. The zero-order chi connectivity index (χ0) is 22.4. The molecule has 3 atom stereocenters. The number of amides is 1. The summed E-state index contributed by atoms with van der Waals surface area (Å²) in [6.45, 7) is 8.58. The Labute approximate surface area is 189 Å². The van der Waals surface area contributed by atoms with Gasteiger partial charge in [-0.1, -0.05) is 12.1 Å². The van der Waals surface area contributed by atoms with Gasteiger partial charge in [-0.15, -0.1) is 0 Å². The van der Waals surface area contributed by atoms with Crippen LogP contribution in [0.3, 0.4) is 0 Å². The smallest absolute Gasteiger partial charge is 0.257 e. The van der Waals surface area contributed by atoms with Crippen molar-refractivity contribution >= 4 is 5.91 Å². The third-order valence-electron chi connectivity index (χ3n) is 7.84. The van der Waals surface area contributed by atoms with Crippen LogP contribution in [0.5, 0.6) is 0 Å². The molecule has 2 aromatic rings. The molecular formula is C25H34FN5O. The largest absolute Gasteiger partial charge is 0.338 e. The molecule has 2 N–H and O–H groups in total. The maximum atomic E-state index is 13.5. The molecule has 1 amide bonds. The van der Waals surface area contributed by atoms with Gasteiger partial charge in [-0.05, 0) is 75.6 Å². The van der Waals surface area contributed by atoms with Gasteiger partial charge in [0.05, 0.1) is 17.3 Å². The Balaban J connectivity index is 1.16. The first-order valence-electron chi connectivity index (χ1n) is 12.0. The molecule has 2 saturated heterocycles. The van der Waals surface area contributed by atoms with Gasteiger partial charge >= 0.3 is 0 Å². The van der Waals surface area contributed by atoms with Crippen LogP contribution >= 0.6 is 0 Å². The van der Waals surface area contributed by atoms with Gasteiger partial charge in [0.1, 0.15) is 5.82 Å². The number of aromatic nitrogens is 2. The van der Waals surface area contributed by atoms with E-state index < -0.39 is 0 Å². The second-order valence-corrected chi connectivity index (χ2v) is 10.0. The molecule has 0 spiro atoms. The summed E-state index contributed by atoms with van der Waals surface area (Å²) in [4.78, 5) is 17.9. The fourth-order valence-electron chi connectivity index (χ4n) is 5.78. The zero-order valence-corrected chi connectivity index (χ0v) is 19.1. The van der Waals surface area contributed by atoms with Crippen LogP contribution in [-0.4, -0.2) is 58.2 Å². The highest BCUT2D eigenvalue weighted by atomic mass is 19.1. The lowest BCUT2D eigenvalue weighted by molar-refractivity contribution is 0.0772. The molecule has 1 aromatic heterocycles. The third kappa shape index (κ3) is 3.97.